The summed E-state index contributed by atoms with van der Waals surface area (Å²) in [5.41, 5.74) is 1.03. The fourth-order valence-electron chi connectivity index (χ4n) is 2.34. The maximum atomic E-state index is 13.4. The Morgan fingerprint density at radius 3 is 2.88 bits per heavy atom. The molecule has 0 bridgehead atoms. The van der Waals surface area contributed by atoms with E-state index in [0.29, 0.717) is 20.3 Å². The minimum atomic E-state index is -1.29. The molecule has 0 atom stereocenters. The Bertz CT molecular complexity index is 1060. The fourth-order valence-corrected chi connectivity index (χ4v) is 5.88. The Kier molecular flexibility index (Phi) is 3.93. The molecule has 1 aromatic carbocycles. The second-order valence-electron chi connectivity index (χ2n) is 4.79. The molecule has 4 rings (SSSR count). The molecule has 0 fully saturated rings. The van der Waals surface area contributed by atoms with Crippen LogP contribution in [0.25, 0.3) is 17.1 Å². The van der Waals surface area contributed by atoms with E-state index in [1.54, 1.807) is 12.3 Å². The molecular formula is C14H5Cl2FN4O2Sn. The minimum absolute atomic E-state index is 0.102. The topological polar surface area (TPSA) is 73.3 Å². The summed E-state index contributed by atoms with van der Waals surface area (Å²) in [6, 6.07) is 5.66. The van der Waals surface area contributed by atoms with Gasteiger partial charge in [0.2, 0.25) is 0 Å². The number of pyridine rings is 1. The van der Waals surface area contributed by atoms with Crippen molar-refractivity contribution in [3.05, 3.63) is 51.9 Å². The molecule has 3 aromatic rings. The molecular weight excluding hydrogens is 465 g/mol. The maximum absolute atomic E-state index is 13.4. The Labute approximate surface area is 154 Å². The standard InChI is InChI=1S/C14H5Cl2FN4O2.Sn/c15-7-19-12-5-8(3-4-18-12)13-20-23-14(22)21(13)9-1-2-11(17)10(16)6-9;/h1-4,6H;. The Hall–Kier alpha value is -1.71. The van der Waals surface area contributed by atoms with Crippen LogP contribution in [0.2, 0.25) is 5.02 Å². The molecule has 10 heteroatoms. The van der Waals surface area contributed by atoms with Gasteiger partial charge in [0.1, 0.15) is 0 Å². The molecule has 2 aromatic heterocycles. The molecule has 2 radical (unpaired) electrons. The summed E-state index contributed by atoms with van der Waals surface area (Å²) >= 11 is 10.6. The molecule has 0 amide bonds. The molecule has 6 nitrogen and oxygen atoms in total. The predicted molar refractivity (Wildman–Crippen MR) is 88.6 cm³/mol. The molecule has 0 aliphatic carbocycles. The zero-order chi connectivity index (χ0) is 16.8. The van der Waals surface area contributed by atoms with Crippen LogP contribution in [0.15, 0.2) is 44.8 Å². The molecule has 1 aliphatic heterocycles. The third-order valence-electron chi connectivity index (χ3n) is 3.37. The van der Waals surface area contributed by atoms with Gasteiger partial charge in [-0.3, -0.25) is 0 Å². The van der Waals surface area contributed by atoms with Crippen LogP contribution < -0.4 is 9.34 Å². The van der Waals surface area contributed by atoms with E-state index in [-0.39, 0.29) is 10.8 Å². The van der Waals surface area contributed by atoms with Crippen LogP contribution in [0.1, 0.15) is 0 Å². The zero-order valence-electron chi connectivity index (χ0n) is 11.6. The van der Waals surface area contributed by atoms with Crippen LogP contribution in [0.4, 0.5) is 10.2 Å². The third-order valence-corrected chi connectivity index (χ3v) is 7.41. The van der Waals surface area contributed by atoms with E-state index in [0.717, 1.165) is 3.58 Å². The van der Waals surface area contributed by atoms with Gasteiger partial charge in [-0.05, 0) is 0 Å². The van der Waals surface area contributed by atoms with E-state index in [1.807, 2.05) is 0 Å². The van der Waals surface area contributed by atoms with Crippen molar-refractivity contribution < 1.29 is 8.91 Å². The Balaban J connectivity index is 1.93. The van der Waals surface area contributed by atoms with Crippen molar-refractivity contribution in [1.29, 1.82) is 0 Å². The van der Waals surface area contributed by atoms with Crippen LogP contribution in [0.3, 0.4) is 0 Å². The third kappa shape index (κ3) is 2.56. The summed E-state index contributed by atoms with van der Waals surface area (Å²) in [5.74, 6) is -0.453. The number of aliphatic imine (C=N–C) groups is 1. The van der Waals surface area contributed by atoms with Gasteiger partial charge in [-0.15, -0.1) is 0 Å². The van der Waals surface area contributed by atoms with Crippen molar-refractivity contribution in [3.8, 4) is 17.1 Å². The van der Waals surface area contributed by atoms with Crippen molar-refractivity contribution in [2.75, 3.05) is 0 Å². The van der Waals surface area contributed by atoms with Gasteiger partial charge in [0.15, 0.2) is 0 Å². The fraction of sp³-hybridized carbons (Fsp3) is 0. The molecule has 118 valence electrons. The molecule has 3 heterocycles. The van der Waals surface area contributed by atoms with Crippen molar-refractivity contribution in [2.24, 2.45) is 4.99 Å². The summed E-state index contributed by atoms with van der Waals surface area (Å²) in [6.07, 6.45) is 1.56. The van der Waals surface area contributed by atoms with Crippen molar-refractivity contribution in [3.63, 3.8) is 0 Å². The number of rotatable bonds is 2. The predicted octanol–water partition coefficient (Wildman–Crippen LogP) is 2.25. The van der Waals surface area contributed by atoms with Gasteiger partial charge in [0, 0.05) is 0 Å². The van der Waals surface area contributed by atoms with E-state index >= 15 is 0 Å². The molecule has 0 unspecified atom stereocenters. The van der Waals surface area contributed by atoms with E-state index in [2.05, 4.69) is 15.1 Å². The average Bonchev–Trinajstić information content (AvgIpc) is 3.11. The quantitative estimate of drug-likeness (QED) is 0.540. The molecule has 24 heavy (non-hydrogen) atoms. The summed E-state index contributed by atoms with van der Waals surface area (Å²) in [7, 11) is 0. The number of hydrogen-bond acceptors (Lipinski definition) is 5. The van der Waals surface area contributed by atoms with Gasteiger partial charge < -0.3 is 0 Å². The second-order valence-corrected chi connectivity index (χ2v) is 9.95. The Morgan fingerprint density at radius 2 is 2.08 bits per heavy atom. The molecule has 0 spiro atoms. The van der Waals surface area contributed by atoms with Crippen LogP contribution in [0, 0.1) is 5.82 Å². The number of hydrogen-bond donors (Lipinski definition) is 0. The Morgan fingerprint density at radius 1 is 1.25 bits per heavy atom. The number of aromatic nitrogens is 3. The molecule has 1 aliphatic rings. The number of fused-ring (bicyclic) bond motifs is 1. The van der Waals surface area contributed by atoms with Crippen LogP contribution in [-0.4, -0.2) is 39.0 Å². The molecule has 0 saturated heterocycles. The first-order chi connectivity index (χ1) is 11.5. The van der Waals surface area contributed by atoms with Gasteiger partial charge in [-0.2, -0.15) is 0 Å². The average molecular weight is 470 g/mol. The van der Waals surface area contributed by atoms with E-state index in [4.69, 9.17) is 27.7 Å². The number of nitrogens with zero attached hydrogens (tertiary/aromatic N) is 4. The normalized spacial score (nSPS) is 13.0. The number of halogens is 3. The first-order valence-electron chi connectivity index (χ1n) is 6.59. The SMILES string of the molecule is O=c1onc(-c2ccnc3[c]2[Sn][C](Cl)=N3)n1-c1ccc(F)c(Cl)c1. The molecule has 0 saturated carbocycles. The first kappa shape index (κ1) is 15.8. The van der Waals surface area contributed by atoms with E-state index < -0.39 is 32.7 Å². The van der Waals surface area contributed by atoms with Crippen LogP contribution in [0.5, 0.6) is 0 Å². The van der Waals surface area contributed by atoms with E-state index in [9.17, 15) is 9.18 Å². The summed E-state index contributed by atoms with van der Waals surface area (Å²) < 4.78 is 20.9. The summed E-state index contributed by atoms with van der Waals surface area (Å²) in [4.78, 5) is 20.5. The second kappa shape index (κ2) is 5.98. The molecule has 0 N–H and O–H groups in total. The monoisotopic (exact) mass is 470 g/mol. The van der Waals surface area contributed by atoms with Gasteiger partial charge in [0.05, 0.1) is 0 Å². The van der Waals surface area contributed by atoms with Crippen molar-refractivity contribution in [1.82, 2.24) is 14.7 Å². The number of benzene rings is 1. The zero-order valence-corrected chi connectivity index (χ0v) is 16.0. The summed E-state index contributed by atoms with van der Waals surface area (Å²) in [6.45, 7) is 0. The van der Waals surface area contributed by atoms with E-state index in [1.165, 1.54) is 22.8 Å². The van der Waals surface area contributed by atoms with Crippen LogP contribution in [-0.2, 0) is 0 Å². The van der Waals surface area contributed by atoms with Gasteiger partial charge in [-0.1, -0.05) is 0 Å². The van der Waals surface area contributed by atoms with Gasteiger partial charge in [0.25, 0.3) is 0 Å². The summed E-state index contributed by atoms with van der Waals surface area (Å²) in [5, 5.41) is 3.76. The van der Waals surface area contributed by atoms with Crippen molar-refractivity contribution in [2.45, 2.75) is 0 Å². The van der Waals surface area contributed by atoms with Crippen molar-refractivity contribution >= 4 is 56.9 Å². The van der Waals surface area contributed by atoms with Gasteiger partial charge in [-0.25, -0.2) is 0 Å². The van der Waals surface area contributed by atoms with Gasteiger partial charge >= 0.3 is 154 Å². The van der Waals surface area contributed by atoms with Crippen LogP contribution >= 0.6 is 23.2 Å². The first-order valence-corrected chi connectivity index (χ1v) is 10.2.